The molecule has 0 radical (unpaired) electrons. The Bertz CT molecular complexity index is 620. The number of rotatable bonds is 7. The van der Waals surface area contributed by atoms with Crippen molar-refractivity contribution in [2.45, 2.75) is 37.9 Å². The van der Waals surface area contributed by atoms with Gasteiger partial charge < -0.3 is 14.5 Å². The van der Waals surface area contributed by atoms with Gasteiger partial charge in [0.1, 0.15) is 0 Å². The number of sulfonamides is 1. The predicted octanol–water partition coefficient (Wildman–Crippen LogP) is 0.617. The van der Waals surface area contributed by atoms with Crippen molar-refractivity contribution in [3.8, 4) is 0 Å². The average molecular weight is 388 g/mol. The highest BCUT2D eigenvalue weighted by Gasteiger charge is 2.55. The van der Waals surface area contributed by atoms with Gasteiger partial charge in [-0.25, -0.2) is 12.7 Å². The number of ether oxygens (including phenoxy) is 1. The first kappa shape index (κ1) is 20.0. The third kappa shape index (κ3) is 3.93. The minimum Gasteiger partial charge on any atom is -0.466 e. The van der Waals surface area contributed by atoms with Crippen molar-refractivity contribution >= 4 is 16.0 Å². The number of likely N-dealkylation sites (N-methyl/N-ethyl adjacent to an activating group) is 1. The van der Waals surface area contributed by atoms with Crippen molar-refractivity contribution in [3.63, 3.8) is 0 Å². The molecule has 150 valence electrons. The number of likely N-dealkylation sites (tertiary alicyclic amines) is 1. The Kier molecular flexibility index (Phi) is 5.96. The van der Waals surface area contributed by atoms with Crippen LogP contribution in [0.2, 0.25) is 0 Å². The van der Waals surface area contributed by atoms with Crippen LogP contribution in [0.1, 0.15) is 32.6 Å². The molecule has 0 N–H and O–H groups in total. The van der Waals surface area contributed by atoms with E-state index in [1.807, 2.05) is 21.0 Å². The molecule has 26 heavy (non-hydrogen) atoms. The minimum atomic E-state index is -3.20. The SMILES string of the molecule is CCOC(=O)[C@]12CCCN(S(=O)(=O)C3CC3)C[C@@H]1CN(CCN(C)C)C2. The maximum Gasteiger partial charge on any atom is 0.313 e. The number of hydrogen-bond acceptors (Lipinski definition) is 6. The molecule has 2 aliphatic heterocycles. The van der Waals surface area contributed by atoms with E-state index in [0.29, 0.717) is 32.7 Å². The third-order valence-electron chi connectivity index (χ3n) is 6.07. The largest absolute Gasteiger partial charge is 0.466 e. The second-order valence-corrected chi connectivity index (χ2v) is 10.5. The van der Waals surface area contributed by atoms with E-state index < -0.39 is 15.4 Å². The first-order valence-electron chi connectivity index (χ1n) is 9.83. The van der Waals surface area contributed by atoms with Gasteiger partial charge in [0, 0.05) is 45.2 Å². The van der Waals surface area contributed by atoms with Gasteiger partial charge in [-0.2, -0.15) is 0 Å². The topological polar surface area (TPSA) is 70.2 Å². The maximum absolute atomic E-state index is 12.9. The van der Waals surface area contributed by atoms with E-state index in [2.05, 4.69) is 9.80 Å². The van der Waals surface area contributed by atoms with Crippen LogP contribution in [0.15, 0.2) is 0 Å². The molecule has 0 amide bonds. The van der Waals surface area contributed by atoms with Gasteiger partial charge in [-0.1, -0.05) is 0 Å². The van der Waals surface area contributed by atoms with Crippen molar-refractivity contribution in [1.82, 2.24) is 14.1 Å². The van der Waals surface area contributed by atoms with Crippen LogP contribution in [0.5, 0.6) is 0 Å². The maximum atomic E-state index is 12.9. The fourth-order valence-electron chi connectivity index (χ4n) is 4.43. The monoisotopic (exact) mass is 387 g/mol. The molecule has 0 aromatic heterocycles. The zero-order valence-corrected chi connectivity index (χ0v) is 17.1. The first-order valence-corrected chi connectivity index (χ1v) is 11.3. The van der Waals surface area contributed by atoms with Gasteiger partial charge in [0.25, 0.3) is 0 Å². The van der Waals surface area contributed by atoms with Crippen molar-refractivity contribution < 1.29 is 17.9 Å². The molecule has 7 nitrogen and oxygen atoms in total. The summed E-state index contributed by atoms with van der Waals surface area (Å²) >= 11 is 0. The van der Waals surface area contributed by atoms with E-state index >= 15 is 0 Å². The van der Waals surface area contributed by atoms with Gasteiger partial charge in [-0.15, -0.1) is 0 Å². The van der Waals surface area contributed by atoms with Gasteiger partial charge >= 0.3 is 5.97 Å². The molecule has 0 aromatic carbocycles. The Morgan fingerprint density at radius 1 is 1.27 bits per heavy atom. The van der Waals surface area contributed by atoms with Gasteiger partial charge in [-0.05, 0) is 46.7 Å². The van der Waals surface area contributed by atoms with E-state index in [9.17, 15) is 13.2 Å². The smallest absolute Gasteiger partial charge is 0.313 e. The molecule has 0 unspecified atom stereocenters. The minimum absolute atomic E-state index is 0.0136. The third-order valence-corrected chi connectivity index (χ3v) is 8.44. The molecule has 0 spiro atoms. The quantitative estimate of drug-likeness (QED) is 0.597. The molecule has 2 saturated heterocycles. The molecule has 2 atom stereocenters. The predicted molar refractivity (Wildman–Crippen MR) is 100 cm³/mol. The Balaban J connectivity index is 1.80. The Morgan fingerprint density at radius 2 is 2.00 bits per heavy atom. The lowest BCUT2D eigenvalue weighted by molar-refractivity contribution is -0.157. The van der Waals surface area contributed by atoms with Gasteiger partial charge in [-0.3, -0.25) is 4.79 Å². The van der Waals surface area contributed by atoms with Crippen molar-refractivity contribution in [2.24, 2.45) is 11.3 Å². The van der Waals surface area contributed by atoms with Crippen LogP contribution in [0.4, 0.5) is 0 Å². The fourth-order valence-corrected chi connectivity index (χ4v) is 6.36. The average Bonchev–Trinajstić information content (AvgIpc) is 3.39. The summed E-state index contributed by atoms with van der Waals surface area (Å²) in [6.45, 7) is 6.46. The highest BCUT2D eigenvalue weighted by atomic mass is 32.2. The molecule has 0 bridgehead atoms. The second-order valence-electron chi connectivity index (χ2n) is 8.32. The van der Waals surface area contributed by atoms with Crippen molar-refractivity contribution in [3.05, 3.63) is 0 Å². The highest BCUT2D eigenvalue weighted by Crippen LogP contribution is 2.45. The van der Waals surface area contributed by atoms with E-state index in [1.165, 1.54) is 0 Å². The molecule has 1 aliphatic carbocycles. The second kappa shape index (κ2) is 7.73. The summed E-state index contributed by atoms with van der Waals surface area (Å²) < 4.78 is 32.7. The van der Waals surface area contributed by atoms with Gasteiger partial charge in [0.2, 0.25) is 10.0 Å². The molecular formula is C18H33N3O4S. The van der Waals surface area contributed by atoms with Crippen LogP contribution < -0.4 is 0 Å². The molecule has 3 fully saturated rings. The summed E-state index contributed by atoms with van der Waals surface area (Å²) in [6.07, 6.45) is 3.00. The van der Waals surface area contributed by atoms with Crippen molar-refractivity contribution in [2.75, 3.05) is 60.0 Å². The van der Waals surface area contributed by atoms with Crippen LogP contribution in [-0.4, -0.2) is 93.7 Å². The molecule has 1 saturated carbocycles. The number of fused-ring (bicyclic) bond motifs is 1. The number of carbonyl (C=O) groups is 1. The van der Waals surface area contributed by atoms with E-state index in [4.69, 9.17) is 4.74 Å². The summed E-state index contributed by atoms with van der Waals surface area (Å²) in [5.74, 6) is -0.122. The fraction of sp³-hybridized carbons (Fsp3) is 0.944. The molecule has 2 heterocycles. The summed E-state index contributed by atoms with van der Waals surface area (Å²) in [6, 6.07) is 0. The van der Waals surface area contributed by atoms with Gasteiger partial charge in [0.05, 0.1) is 17.3 Å². The van der Waals surface area contributed by atoms with Gasteiger partial charge in [0.15, 0.2) is 0 Å². The molecule has 0 aromatic rings. The number of esters is 1. The van der Waals surface area contributed by atoms with Crippen LogP contribution in [0.25, 0.3) is 0 Å². The van der Waals surface area contributed by atoms with E-state index in [0.717, 1.165) is 38.9 Å². The van der Waals surface area contributed by atoms with Crippen LogP contribution in [0, 0.1) is 11.3 Å². The number of hydrogen-bond donors (Lipinski definition) is 0. The van der Waals surface area contributed by atoms with Crippen LogP contribution in [-0.2, 0) is 19.6 Å². The zero-order chi connectivity index (χ0) is 18.9. The lowest BCUT2D eigenvalue weighted by Crippen LogP contribution is -2.44. The molecule has 3 rings (SSSR count). The summed E-state index contributed by atoms with van der Waals surface area (Å²) in [5.41, 5.74) is -0.559. The Hall–Kier alpha value is -0.700. The van der Waals surface area contributed by atoms with Crippen molar-refractivity contribution in [1.29, 1.82) is 0 Å². The molecule has 3 aliphatic rings. The zero-order valence-electron chi connectivity index (χ0n) is 16.3. The van der Waals surface area contributed by atoms with E-state index in [-0.39, 0.29) is 17.1 Å². The van der Waals surface area contributed by atoms with Crippen LogP contribution >= 0.6 is 0 Å². The lowest BCUT2D eigenvalue weighted by atomic mass is 9.75. The Morgan fingerprint density at radius 3 is 2.62 bits per heavy atom. The summed E-state index contributed by atoms with van der Waals surface area (Å²) in [7, 11) is 0.877. The van der Waals surface area contributed by atoms with E-state index in [1.54, 1.807) is 4.31 Å². The number of nitrogens with zero attached hydrogens (tertiary/aromatic N) is 3. The summed E-state index contributed by atoms with van der Waals surface area (Å²) in [5, 5.41) is -0.191. The molecular weight excluding hydrogens is 354 g/mol. The normalized spacial score (nSPS) is 31.0. The first-order chi connectivity index (χ1) is 12.3. The molecule has 8 heteroatoms. The standard InChI is InChI=1S/C18H33N3O4S/c1-4-25-17(22)18-8-5-9-21(26(23,24)16-6-7-16)13-15(18)12-20(14-18)11-10-19(2)3/h15-16H,4-14H2,1-3H3/t15-,18-/m0/s1. The van der Waals surface area contributed by atoms with Crippen LogP contribution in [0.3, 0.4) is 0 Å². The Labute approximate surface area is 157 Å². The summed E-state index contributed by atoms with van der Waals surface area (Å²) in [4.78, 5) is 17.4. The highest BCUT2D eigenvalue weighted by molar-refractivity contribution is 7.90. The lowest BCUT2D eigenvalue weighted by Gasteiger charge is -2.31. The number of carbonyl (C=O) groups excluding carboxylic acids is 1.